The van der Waals surface area contributed by atoms with E-state index in [0.717, 1.165) is 22.7 Å². The molecule has 1 aliphatic rings. The molecule has 0 aromatic carbocycles. The Balaban J connectivity index is 2.03. The molecule has 1 amide bonds. The molecule has 0 bridgehead atoms. The molecular formula is C18H21N5O. The Morgan fingerprint density at radius 3 is 2.67 bits per heavy atom. The zero-order chi connectivity index (χ0) is 17.3. The fraction of sp³-hybridized carbons (Fsp3) is 0.333. The van der Waals surface area contributed by atoms with E-state index < -0.39 is 0 Å². The van der Waals surface area contributed by atoms with E-state index in [9.17, 15) is 4.79 Å². The lowest BCUT2D eigenvalue weighted by atomic mass is 10.0. The first-order valence-corrected chi connectivity index (χ1v) is 7.94. The van der Waals surface area contributed by atoms with Crippen LogP contribution in [-0.2, 0) is 6.54 Å². The van der Waals surface area contributed by atoms with Gasteiger partial charge in [0.2, 0.25) is 0 Å². The number of carbonyl (C=O) groups is 1. The van der Waals surface area contributed by atoms with Crippen molar-refractivity contribution in [2.45, 2.75) is 26.4 Å². The molecule has 0 unspecified atom stereocenters. The van der Waals surface area contributed by atoms with Gasteiger partial charge in [0, 0.05) is 43.7 Å². The second-order valence-electron chi connectivity index (χ2n) is 6.29. The summed E-state index contributed by atoms with van der Waals surface area (Å²) in [5, 5.41) is 3.37. The molecule has 0 saturated carbocycles. The molecule has 3 rings (SSSR count). The highest BCUT2D eigenvalue weighted by Crippen LogP contribution is 2.28. The standard InChI is InChI=1S/C18H21N5O/c1-11(2)22-17-15-13(6-8-20-17)10-21-16(15)14-9-12(5-7-19-14)18(24)23(3)4/h5-9,11H,10H2,1-4H3,(H,20,22). The Hall–Kier alpha value is -2.76. The number of fused-ring (bicyclic) bond motifs is 1. The molecule has 2 aromatic rings. The molecule has 24 heavy (non-hydrogen) atoms. The molecular weight excluding hydrogens is 302 g/mol. The van der Waals surface area contributed by atoms with E-state index in [-0.39, 0.29) is 11.9 Å². The Bertz CT molecular complexity index is 811. The predicted octanol–water partition coefficient (Wildman–Crippen LogP) is 2.35. The van der Waals surface area contributed by atoms with E-state index in [2.05, 4.69) is 34.1 Å². The highest BCUT2D eigenvalue weighted by Gasteiger charge is 2.24. The fourth-order valence-electron chi connectivity index (χ4n) is 2.68. The van der Waals surface area contributed by atoms with Crippen molar-refractivity contribution >= 4 is 17.4 Å². The molecule has 1 aliphatic heterocycles. The molecule has 0 atom stereocenters. The average molecular weight is 323 g/mol. The Morgan fingerprint density at radius 1 is 1.21 bits per heavy atom. The van der Waals surface area contributed by atoms with E-state index in [4.69, 9.17) is 0 Å². The van der Waals surface area contributed by atoms with Crippen molar-refractivity contribution in [3.63, 3.8) is 0 Å². The lowest BCUT2D eigenvalue weighted by molar-refractivity contribution is 0.0827. The van der Waals surface area contributed by atoms with Crippen LogP contribution in [0.4, 0.5) is 5.82 Å². The number of pyridine rings is 2. The van der Waals surface area contributed by atoms with Crippen molar-refractivity contribution in [3.05, 3.63) is 53.0 Å². The summed E-state index contributed by atoms with van der Waals surface area (Å²) in [6.07, 6.45) is 3.44. The fourth-order valence-corrected chi connectivity index (χ4v) is 2.68. The number of nitrogens with zero attached hydrogens (tertiary/aromatic N) is 4. The SMILES string of the molecule is CC(C)Nc1nccc2c1C(c1cc(C(=O)N(C)C)ccn1)=NC2. The number of carbonyl (C=O) groups excluding carboxylic acids is 1. The third-order valence-electron chi connectivity index (χ3n) is 3.76. The third-order valence-corrected chi connectivity index (χ3v) is 3.76. The number of anilines is 1. The molecule has 6 heteroatoms. The smallest absolute Gasteiger partial charge is 0.253 e. The van der Waals surface area contributed by atoms with Crippen LogP contribution in [0.1, 0.15) is 41.0 Å². The molecule has 0 aliphatic carbocycles. The van der Waals surface area contributed by atoms with Gasteiger partial charge < -0.3 is 10.2 Å². The minimum absolute atomic E-state index is 0.0517. The first-order valence-electron chi connectivity index (χ1n) is 7.94. The van der Waals surface area contributed by atoms with E-state index in [0.29, 0.717) is 17.8 Å². The van der Waals surface area contributed by atoms with Gasteiger partial charge in [-0.05, 0) is 37.6 Å². The zero-order valence-corrected chi connectivity index (χ0v) is 14.4. The molecule has 0 spiro atoms. The van der Waals surface area contributed by atoms with Crippen molar-refractivity contribution in [2.75, 3.05) is 19.4 Å². The third kappa shape index (κ3) is 2.99. The van der Waals surface area contributed by atoms with Crippen molar-refractivity contribution in [2.24, 2.45) is 4.99 Å². The minimum Gasteiger partial charge on any atom is -0.367 e. The van der Waals surface area contributed by atoms with E-state index in [1.54, 1.807) is 43.5 Å². The molecule has 0 fully saturated rings. The molecule has 2 aromatic heterocycles. The van der Waals surface area contributed by atoms with Crippen LogP contribution in [-0.4, -0.2) is 46.6 Å². The second-order valence-corrected chi connectivity index (χ2v) is 6.29. The van der Waals surface area contributed by atoms with Gasteiger partial charge in [0.1, 0.15) is 5.82 Å². The highest BCUT2D eigenvalue weighted by molar-refractivity contribution is 6.17. The van der Waals surface area contributed by atoms with E-state index in [1.807, 2.05) is 6.07 Å². The van der Waals surface area contributed by atoms with Crippen LogP contribution in [0.15, 0.2) is 35.6 Å². The van der Waals surface area contributed by atoms with E-state index in [1.165, 1.54) is 0 Å². The summed E-state index contributed by atoms with van der Waals surface area (Å²) >= 11 is 0. The van der Waals surface area contributed by atoms with Crippen molar-refractivity contribution < 1.29 is 4.79 Å². The maximum Gasteiger partial charge on any atom is 0.253 e. The van der Waals surface area contributed by atoms with Gasteiger partial charge in [0.05, 0.1) is 18.0 Å². The number of amides is 1. The molecule has 1 N–H and O–H groups in total. The molecule has 124 valence electrons. The van der Waals surface area contributed by atoms with Crippen LogP contribution in [0, 0.1) is 0 Å². The number of rotatable bonds is 4. The number of hydrogen-bond donors (Lipinski definition) is 1. The zero-order valence-electron chi connectivity index (χ0n) is 14.4. The maximum atomic E-state index is 12.2. The number of aliphatic imine (C=N–C) groups is 1. The first-order chi connectivity index (χ1) is 11.5. The van der Waals surface area contributed by atoms with E-state index >= 15 is 0 Å². The monoisotopic (exact) mass is 323 g/mol. The van der Waals surface area contributed by atoms with Gasteiger partial charge in [-0.15, -0.1) is 0 Å². The highest BCUT2D eigenvalue weighted by atomic mass is 16.2. The number of aromatic nitrogens is 2. The van der Waals surface area contributed by atoms with Gasteiger partial charge in [0.25, 0.3) is 5.91 Å². The summed E-state index contributed by atoms with van der Waals surface area (Å²) in [6, 6.07) is 5.76. The Morgan fingerprint density at radius 2 is 1.96 bits per heavy atom. The van der Waals surface area contributed by atoms with Gasteiger partial charge in [-0.25, -0.2) is 4.98 Å². The molecule has 3 heterocycles. The maximum absolute atomic E-state index is 12.2. The summed E-state index contributed by atoms with van der Waals surface area (Å²) < 4.78 is 0. The number of hydrogen-bond acceptors (Lipinski definition) is 5. The van der Waals surface area contributed by atoms with Crippen LogP contribution >= 0.6 is 0 Å². The summed E-state index contributed by atoms with van der Waals surface area (Å²) in [7, 11) is 3.47. The largest absolute Gasteiger partial charge is 0.367 e. The van der Waals surface area contributed by atoms with Crippen LogP contribution < -0.4 is 5.32 Å². The summed E-state index contributed by atoms with van der Waals surface area (Å²) in [5.74, 6) is 0.758. The van der Waals surface area contributed by atoms with Gasteiger partial charge >= 0.3 is 0 Å². The normalized spacial score (nSPS) is 12.8. The van der Waals surface area contributed by atoms with Crippen molar-refractivity contribution in [3.8, 4) is 0 Å². The summed E-state index contributed by atoms with van der Waals surface area (Å²) in [5.41, 5.74) is 4.18. The lowest BCUT2D eigenvalue weighted by Crippen LogP contribution is -2.22. The van der Waals surface area contributed by atoms with Crippen LogP contribution in [0.25, 0.3) is 0 Å². The molecule has 0 saturated heterocycles. The molecule has 0 radical (unpaired) electrons. The quantitative estimate of drug-likeness (QED) is 0.937. The number of nitrogens with one attached hydrogen (secondary N) is 1. The Labute approximate surface area is 141 Å². The van der Waals surface area contributed by atoms with Crippen molar-refractivity contribution in [1.29, 1.82) is 0 Å². The lowest BCUT2D eigenvalue weighted by Gasteiger charge is -2.15. The Kier molecular flexibility index (Phi) is 4.29. The van der Waals surface area contributed by atoms with Crippen LogP contribution in [0.5, 0.6) is 0 Å². The minimum atomic E-state index is -0.0517. The van der Waals surface area contributed by atoms with Crippen LogP contribution in [0.3, 0.4) is 0 Å². The second kappa shape index (κ2) is 6.39. The predicted molar refractivity (Wildman–Crippen MR) is 94.6 cm³/mol. The van der Waals surface area contributed by atoms with Crippen molar-refractivity contribution in [1.82, 2.24) is 14.9 Å². The summed E-state index contributed by atoms with van der Waals surface area (Å²) in [4.78, 5) is 27.3. The van der Waals surface area contributed by atoms with Gasteiger partial charge in [0.15, 0.2) is 0 Å². The van der Waals surface area contributed by atoms with Gasteiger partial charge in [-0.3, -0.25) is 14.8 Å². The van der Waals surface area contributed by atoms with Crippen LogP contribution in [0.2, 0.25) is 0 Å². The molecule has 6 nitrogen and oxygen atoms in total. The van der Waals surface area contributed by atoms with Gasteiger partial charge in [-0.2, -0.15) is 0 Å². The average Bonchev–Trinajstić information content (AvgIpc) is 2.99. The summed E-state index contributed by atoms with van der Waals surface area (Å²) in [6.45, 7) is 4.75. The van der Waals surface area contributed by atoms with Gasteiger partial charge in [-0.1, -0.05) is 0 Å². The first kappa shape index (κ1) is 16.1. The topological polar surface area (TPSA) is 70.5 Å².